The SMILES string of the molecule is COc1ccc(N(C)C(N)=O)cc1Oc1cn[nH]c1-c1ccc(F)cc1. The molecule has 0 aliphatic carbocycles. The number of aromatic amines is 1. The van der Waals surface area contributed by atoms with Crippen molar-refractivity contribution in [1.82, 2.24) is 10.2 Å². The van der Waals surface area contributed by atoms with Gasteiger partial charge in [0.25, 0.3) is 0 Å². The van der Waals surface area contributed by atoms with Gasteiger partial charge in [-0.25, -0.2) is 9.18 Å². The van der Waals surface area contributed by atoms with Crippen LogP contribution in [0.15, 0.2) is 48.7 Å². The van der Waals surface area contributed by atoms with Crippen LogP contribution in [0.25, 0.3) is 11.3 Å². The number of rotatable bonds is 5. The number of hydrogen-bond donors (Lipinski definition) is 2. The zero-order chi connectivity index (χ0) is 18.7. The van der Waals surface area contributed by atoms with Crippen molar-refractivity contribution < 1.29 is 18.7 Å². The van der Waals surface area contributed by atoms with E-state index in [0.717, 1.165) is 0 Å². The van der Waals surface area contributed by atoms with Crippen LogP contribution < -0.4 is 20.1 Å². The highest BCUT2D eigenvalue weighted by Crippen LogP contribution is 2.38. The largest absolute Gasteiger partial charge is 0.493 e. The van der Waals surface area contributed by atoms with E-state index in [2.05, 4.69) is 10.2 Å². The molecule has 0 unspecified atom stereocenters. The summed E-state index contributed by atoms with van der Waals surface area (Å²) in [5.41, 5.74) is 7.14. The summed E-state index contributed by atoms with van der Waals surface area (Å²) in [6, 6.07) is 10.3. The first kappa shape index (κ1) is 17.3. The Balaban J connectivity index is 1.96. The Labute approximate surface area is 149 Å². The van der Waals surface area contributed by atoms with Gasteiger partial charge in [0.2, 0.25) is 0 Å². The molecule has 134 valence electrons. The van der Waals surface area contributed by atoms with Crippen molar-refractivity contribution in [2.45, 2.75) is 0 Å². The number of amides is 2. The number of benzene rings is 2. The third-order valence-corrected chi connectivity index (χ3v) is 3.82. The number of methoxy groups -OCH3 is 1. The molecule has 2 amide bonds. The average molecular weight is 356 g/mol. The van der Waals surface area contributed by atoms with Gasteiger partial charge in [-0.15, -0.1) is 0 Å². The fraction of sp³-hybridized carbons (Fsp3) is 0.111. The molecule has 0 spiro atoms. The van der Waals surface area contributed by atoms with E-state index in [1.54, 1.807) is 37.4 Å². The maximum absolute atomic E-state index is 13.1. The molecule has 8 heteroatoms. The second-order valence-electron chi connectivity index (χ2n) is 5.45. The highest BCUT2D eigenvalue weighted by Gasteiger charge is 2.15. The topological polar surface area (TPSA) is 93.5 Å². The Morgan fingerprint density at radius 3 is 2.54 bits per heavy atom. The van der Waals surface area contributed by atoms with Crippen LogP contribution in [0.5, 0.6) is 17.2 Å². The number of nitrogens with two attached hydrogens (primary N) is 1. The molecule has 2 aromatic carbocycles. The van der Waals surface area contributed by atoms with Gasteiger partial charge in [-0.3, -0.25) is 10.00 Å². The number of carbonyl (C=O) groups excluding carboxylic acids is 1. The summed E-state index contributed by atoms with van der Waals surface area (Å²) in [6.45, 7) is 0. The highest BCUT2D eigenvalue weighted by atomic mass is 19.1. The van der Waals surface area contributed by atoms with Crippen LogP contribution in [-0.2, 0) is 0 Å². The number of anilines is 1. The quantitative estimate of drug-likeness (QED) is 0.731. The van der Waals surface area contributed by atoms with E-state index < -0.39 is 6.03 Å². The number of H-pyrrole nitrogens is 1. The number of halogens is 1. The second kappa shape index (κ2) is 7.14. The standard InChI is InChI=1S/C18H17FN4O3/c1-23(18(20)24)13-7-8-14(25-2)15(9-13)26-16-10-21-22-17(16)11-3-5-12(19)6-4-11/h3-10H,1-2H3,(H2,20,24)(H,21,22). The molecule has 0 radical (unpaired) electrons. The molecule has 0 saturated carbocycles. The molecule has 0 saturated heterocycles. The van der Waals surface area contributed by atoms with Gasteiger partial charge in [0.1, 0.15) is 11.5 Å². The lowest BCUT2D eigenvalue weighted by molar-refractivity contribution is 0.255. The van der Waals surface area contributed by atoms with Gasteiger partial charge < -0.3 is 15.2 Å². The van der Waals surface area contributed by atoms with Crippen molar-refractivity contribution in [1.29, 1.82) is 0 Å². The van der Waals surface area contributed by atoms with E-state index in [9.17, 15) is 9.18 Å². The van der Waals surface area contributed by atoms with E-state index in [0.29, 0.717) is 34.2 Å². The van der Waals surface area contributed by atoms with E-state index in [-0.39, 0.29) is 5.82 Å². The zero-order valence-corrected chi connectivity index (χ0v) is 14.2. The Morgan fingerprint density at radius 2 is 1.88 bits per heavy atom. The predicted octanol–water partition coefficient (Wildman–Crippen LogP) is 3.53. The lowest BCUT2D eigenvalue weighted by Crippen LogP contribution is -2.31. The molecular formula is C18H17FN4O3. The predicted molar refractivity (Wildman–Crippen MR) is 95.0 cm³/mol. The highest BCUT2D eigenvalue weighted by molar-refractivity contribution is 5.90. The van der Waals surface area contributed by atoms with Gasteiger partial charge in [0.05, 0.1) is 13.3 Å². The summed E-state index contributed by atoms with van der Waals surface area (Å²) in [7, 11) is 3.06. The van der Waals surface area contributed by atoms with Crippen molar-refractivity contribution in [3.05, 3.63) is 54.5 Å². The van der Waals surface area contributed by atoms with Gasteiger partial charge in [-0.1, -0.05) is 0 Å². The first-order valence-corrected chi connectivity index (χ1v) is 7.68. The molecule has 0 aliphatic rings. The average Bonchev–Trinajstić information content (AvgIpc) is 3.09. The number of carbonyl (C=O) groups is 1. The minimum atomic E-state index is -0.601. The number of urea groups is 1. The van der Waals surface area contributed by atoms with Crippen molar-refractivity contribution >= 4 is 11.7 Å². The summed E-state index contributed by atoms with van der Waals surface area (Å²) in [6.07, 6.45) is 1.50. The number of aromatic nitrogens is 2. The molecule has 3 aromatic rings. The Hall–Kier alpha value is -3.55. The molecule has 0 bridgehead atoms. The van der Waals surface area contributed by atoms with Crippen molar-refractivity contribution in [3.63, 3.8) is 0 Å². The number of primary amides is 1. The number of nitrogens with zero attached hydrogens (tertiary/aromatic N) is 2. The van der Waals surface area contributed by atoms with Crippen molar-refractivity contribution in [2.75, 3.05) is 19.1 Å². The van der Waals surface area contributed by atoms with E-state index in [1.807, 2.05) is 0 Å². The van der Waals surface area contributed by atoms with Crippen LogP contribution in [0, 0.1) is 5.82 Å². The molecule has 3 rings (SSSR count). The molecule has 0 aliphatic heterocycles. The fourth-order valence-corrected chi connectivity index (χ4v) is 2.38. The van der Waals surface area contributed by atoms with Crippen molar-refractivity contribution in [2.24, 2.45) is 5.73 Å². The summed E-state index contributed by atoms with van der Waals surface area (Å²) >= 11 is 0. The van der Waals surface area contributed by atoms with Gasteiger partial charge in [-0.2, -0.15) is 5.10 Å². The van der Waals surface area contributed by atoms with Gasteiger partial charge in [0, 0.05) is 24.4 Å². The van der Waals surface area contributed by atoms with Crippen LogP contribution in [0.2, 0.25) is 0 Å². The Morgan fingerprint density at radius 1 is 1.15 bits per heavy atom. The third kappa shape index (κ3) is 3.44. The Bertz CT molecular complexity index is 924. The maximum atomic E-state index is 13.1. The van der Waals surface area contributed by atoms with E-state index in [4.69, 9.17) is 15.2 Å². The second-order valence-corrected chi connectivity index (χ2v) is 5.45. The lowest BCUT2D eigenvalue weighted by atomic mass is 10.1. The van der Waals surface area contributed by atoms with E-state index in [1.165, 1.54) is 30.3 Å². The van der Waals surface area contributed by atoms with E-state index >= 15 is 0 Å². The fourth-order valence-electron chi connectivity index (χ4n) is 2.38. The maximum Gasteiger partial charge on any atom is 0.318 e. The van der Waals surface area contributed by atoms with Gasteiger partial charge in [-0.05, 0) is 36.4 Å². The first-order chi connectivity index (χ1) is 12.5. The van der Waals surface area contributed by atoms with Gasteiger partial charge >= 0.3 is 6.03 Å². The van der Waals surface area contributed by atoms with Crippen LogP contribution >= 0.6 is 0 Å². The summed E-state index contributed by atoms with van der Waals surface area (Å²) in [4.78, 5) is 12.7. The molecular weight excluding hydrogens is 339 g/mol. The summed E-state index contributed by atoms with van der Waals surface area (Å²) < 4.78 is 24.4. The molecule has 7 nitrogen and oxygen atoms in total. The van der Waals surface area contributed by atoms with Crippen LogP contribution in [0.4, 0.5) is 14.9 Å². The summed E-state index contributed by atoms with van der Waals surface area (Å²) in [5, 5.41) is 6.82. The minimum Gasteiger partial charge on any atom is -0.493 e. The number of nitrogens with one attached hydrogen (secondary N) is 1. The number of ether oxygens (including phenoxy) is 2. The third-order valence-electron chi connectivity index (χ3n) is 3.82. The lowest BCUT2D eigenvalue weighted by Gasteiger charge is -2.17. The molecule has 1 aromatic heterocycles. The molecule has 3 N–H and O–H groups in total. The summed E-state index contributed by atoms with van der Waals surface area (Å²) in [5.74, 6) is 0.939. The monoisotopic (exact) mass is 356 g/mol. The van der Waals surface area contributed by atoms with Crippen molar-refractivity contribution in [3.8, 4) is 28.5 Å². The van der Waals surface area contributed by atoms with Crippen LogP contribution in [0.1, 0.15) is 0 Å². The van der Waals surface area contributed by atoms with Crippen LogP contribution in [0.3, 0.4) is 0 Å². The number of hydrogen-bond acceptors (Lipinski definition) is 4. The molecule has 1 heterocycles. The smallest absolute Gasteiger partial charge is 0.318 e. The van der Waals surface area contributed by atoms with Gasteiger partial charge in [0.15, 0.2) is 17.2 Å². The minimum absolute atomic E-state index is 0.334. The zero-order valence-electron chi connectivity index (χ0n) is 14.2. The molecule has 0 fully saturated rings. The normalized spacial score (nSPS) is 10.4. The molecule has 0 atom stereocenters. The first-order valence-electron chi connectivity index (χ1n) is 7.68. The Kier molecular flexibility index (Phi) is 4.74. The molecule has 26 heavy (non-hydrogen) atoms. The van der Waals surface area contributed by atoms with Crippen LogP contribution in [-0.4, -0.2) is 30.4 Å².